The number of hydrogen-bond acceptors (Lipinski definition) is 2. The molecule has 0 spiro atoms. The molecule has 78 valence electrons. The van der Waals surface area contributed by atoms with E-state index in [1.54, 1.807) is 0 Å². The molecule has 1 atom stereocenters. The number of nitrogens with one attached hydrogen (secondary N) is 1. The molecule has 14 heavy (non-hydrogen) atoms. The van der Waals surface area contributed by atoms with Crippen LogP contribution in [0.25, 0.3) is 0 Å². The van der Waals surface area contributed by atoms with Crippen LogP contribution in [0, 0.1) is 4.77 Å². The summed E-state index contributed by atoms with van der Waals surface area (Å²) in [5.74, 6) is 2.54. The van der Waals surface area contributed by atoms with Crippen molar-refractivity contribution >= 4 is 24.0 Å². The summed E-state index contributed by atoms with van der Waals surface area (Å²) in [5, 5.41) is 0. The average molecular weight is 228 g/mol. The molecule has 1 aromatic rings. The van der Waals surface area contributed by atoms with Gasteiger partial charge < -0.3 is 9.55 Å². The summed E-state index contributed by atoms with van der Waals surface area (Å²) in [7, 11) is 0. The van der Waals surface area contributed by atoms with E-state index < -0.39 is 0 Å². The van der Waals surface area contributed by atoms with Gasteiger partial charge in [-0.1, -0.05) is 6.92 Å². The molecule has 2 rings (SSSR count). The number of aryl methyl sites for hydroxylation is 1. The normalized spacial score (nSPS) is 22.5. The zero-order valence-electron chi connectivity index (χ0n) is 8.45. The molecule has 0 aliphatic carbocycles. The van der Waals surface area contributed by atoms with Gasteiger partial charge in [0.25, 0.3) is 0 Å². The van der Waals surface area contributed by atoms with E-state index in [2.05, 4.69) is 22.7 Å². The molecule has 4 heteroatoms. The third kappa shape index (κ3) is 1.91. The van der Waals surface area contributed by atoms with Gasteiger partial charge in [-0.05, 0) is 37.2 Å². The molecule has 1 saturated heterocycles. The summed E-state index contributed by atoms with van der Waals surface area (Å²) in [6, 6.07) is 0.627. The van der Waals surface area contributed by atoms with Crippen LogP contribution in [0.3, 0.4) is 0 Å². The SMILES string of the molecule is CCc1c[nH]c(=S)n1C1CCCSC1. The van der Waals surface area contributed by atoms with Gasteiger partial charge in [0, 0.05) is 23.7 Å². The Morgan fingerprint density at radius 1 is 1.71 bits per heavy atom. The standard InChI is InChI=1S/C10H16N2S2/c1-2-8-6-11-10(13)12(8)9-4-3-5-14-7-9/h6,9H,2-5,7H2,1H3,(H,11,13). The molecule has 1 N–H and O–H groups in total. The second-order valence-corrected chi connectivity index (χ2v) is 5.22. The van der Waals surface area contributed by atoms with Gasteiger partial charge in [0.1, 0.15) is 0 Å². The van der Waals surface area contributed by atoms with E-state index in [0.717, 1.165) is 11.2 Å². The Morgan fingerprint density at radius 3 is 3.21 bits per heavy atom. The monoisotopic (exact) mass is 228 g/mol. The number of aromatic nitrogens is 2. The second-order valence-electron chi connectivity index (χ2n) is 3.68. The fourth-order valence-corrected chi connectivity index (χ4v) is 3.47. The number of hydrogen-bond donors (Lipinski definition) is 1. The molecule has 1 unspecified atom stereocenters. The van der Waals surface area contributed by atoms with Gasteiger partial charge in [0.15, 0.2) is 4.77 Å². The Bertz CT molecular complexity index is 347. The number of rotatable bonds is 2. The number of nitrogens with zero attached hydrogens (tertiary/aromatic N) is 1. The summed E-state index contributed by atoms with van der Waals surface area (Å²) in [5.41, 5.74) is 1.35. The zero-order valence-corrected chi connectivity index (χ0v) is 10.1. The van der Waals surface area contributed by atoms with Gasteiger partial charge in [0.05, 0.1) is 0 Å². The van der Waals surface area contributed by atoms with Crippen molar-refractivity contribution in [2.75, 3.05) is 11.5 Å². The Hall–Kier alpha value is -0.220. The fraction of sp³-hybridized carbons (Fsp3) is 0.700. The topological polar surface area (TPSA) is 20.7 Å². The number of imidazole rings is 1. The molecular formula is C10H16N2S2. The Morgan fingerprint density at radius 2 is 2.57 bits per heavy atom. The van der Waals surface area contributed by atoms with E-state index in [4.69, 9.17) is 12.2 Å². The molecule has 0 bridgehead atoms. The van der Waals surface area contributed by atoms with Crippen LogP contribution in [0.15, 0.2) is 6.20 Å². The first-order chi connectivity index (χ1) is 6.83. The van der Waals surface area contributed by atoms with E-state index >= 15 is 0 Å². The lowest BCUT2D eigenvalue weighted by atomic mass is 10.1. The van der Waals surface area contributed by atoms with Crippen LogP contribution in [0.4, 0.5) is 0 Å². The zero-order chi connectivity index (χ0) is 9.97. The van der Waals surface area contributed by atoms with Crippen LogP contribution in [0.1, 0.15) is 31.5 Å². The maximum atomic E-state index is 5.32. The van der Waals surface area contributed by atoms with Crippen LogP contribution in [-0.4, -0.2) is 21.1 Å². The molecule has 0 radical (unpaired) electrons. The predicted molar refractivity (Wildman–Crippen MR) is 64.6 cm³/mol. The Balaban J connectivity index is 2.28. The largest absolute Gasteiger partial charge is 0.337 e. The molecule has 0 aromatic carbocycles. The molecule has 0 saturated carbocycles. The number of aromatic amines is 1. The lowest BCUT2D eigenvalue weighted by Gasteiger charge is -2.24. The highest BCUT2D eigenvalue weighted by Crippen LogP contribution is 2.28. The molecular weight excluding hydrogens is 212 g/mol. The minimum atomic E-state index is 0.627. The fourth-order valence-electron chi connectivity index (χ4n) is 2.01. The van der Waals surface area contributed by atoms with Crippen molar-refractivity contribution in [3.8, 4) is 0 Å². The van der Waals surface area contributed by atoms with E-state index in [9.17, 15) is 0 Å². The predicted octanol–water partition coefficient (Wildman–Crippen LogP) is 3.18. The van der Waals surface area contributed by atoms with E-state index in [1.807, 2.05) is 11.8 Å². The third-order valence-electron chi connectivity index (χ3n) is 2.75. The molecule has 1 aromatic heterocycles. The van der Waals surface area contributed by atoms with Crippen molar-refractivity contribution < 1.29 is 0 Å². The van der Waals surface area contributed by atoms with Gasteiger partial charge in [-0.2, -0.15) is 11.8 Å². The van der Waals surface area contributed by atoms with E-state index in [1.165, 1.54) is 30.0 Å². The van der Waals surface area contributed by atoms with Crippen molar-refractivity contribution in [3.05, 3.63) is 16.7 Å². The van der Waals surface area contributed by atoms with Gasteiger partial charge >= 0.3 is 0 Å². The van der Waals surface area contributed by atoms with Crippen LogP contribution < -0.4 is 0 Å². The van der Waals surface area contributed by atoms with Crippen molar-refractivity contribution in [2.45, 2.75) is 32.2 Å². The minimum absolute atomic E-state index is 0.627. The summed E-state index contributed by atoms with van der Waals surface area (Å²) < 4.78 is 3.22. The van der Waals surface area contributed by atoms with Gasteiger partial charge in [-0.3, -0.25) is 0 Å². The van der Waals surface area contributed by atoms with Gasteiger partial charge in [0.2, 0.25) is 0 Å². The van der Waals surface area contributed by atoms with Crippen LogP contribution in [-0.2, 0) is 6.42 Å². The molecule has 0 amide bonds. The third-order valence-corrected chi connectivity index (χ3v) is 4.27. The molecule has 2 nitrogen and oxygen atoms in total. The Kier molecular flexibility index (Phi) is 3.34. The van der Waals surface area contributed by atoms with Crippen LogP contribution >= 0.6 is 24.0 Å². The first-order valence-electron chi connectivity index (χ1n) is 5.19. The highest BCUT2D eigenvalue weighted by atomic mass is 32.2. The van der Waals surface area contributed by atoms with Crippen LogP contribution in [0.5, 0.6) is 0 Å². The maximum Gasteiger partial charge on any atom is 0.177 e. The van der Waals surface area contributed by atoms with Crippen molar-refractivity contribution in [1.82, 2.24) is 9.55 Å². The molecule has 1 fully saturated rings. The number of thioether (sulfide) groups is 1. The Labute approximate surface area is 94.1 Å². The maximum absolute atomic E-state index is 5.32. The second kappa shape index (κ2) is 4.53. The van der Waals surface area contributed by atoms with E-state index in [0.29, 0.717) is 6.04 Å². The lowest BCUT2D eigenvalue weighted by Crippen LogP contribution is -2.18. The van der Waals surface area contributed by atoms with Gasteiger partial charge in [-0.15, -0.1) is 0 Å². The molecule has 2 heterocycles. The van der Waals surface area contributed by atoms with Gasteiger partial charge in [-0.25, -0.2) is 0 Å². The lowest BCUT2D eigenvalue weighted by molar-refractivity contribution is 0.481. The van der Waals surface area contributed by atoms with Crippen molar-refractivity contribution in [3.63, 3.8) is 0 Å². The first-order valence-corrected chi connectivity index (χ1v) is 6.75. The highest BCUT2D eigenvalue weighted by molar-refractivity contribution is 7.99. The first kappa shape index (κ1) is 10.3. The molecule has 1 aliphatic heterocycles. The highest BCUT2D eigenvalue weighted by Gasteiger charge is 2.18. The van der Waals surface area contributed by atoms with Crippen molar-refractivity contribution in [1.29, 1.82) is 0 Å². The summed E-state index contributed by atoms with van der Waals surface area (Å²) in [6.07, 6.45) is 5.73. The van der Waals surface area contributed by atoms with E-state index in [-0.39, 0.29) is 0 Å². The van der Waals surface area contributed by atoms with Crippen molar-refractivity contribution in [2.24, 2.45) is 0 Å². The molecule has 1 aliphatic rings. The smallest absolute Gasteiger partial charge is 0.177 e. The number of H-pyrrole nitrogens is 1. The summed E-state index contributed by atoms with van der Waals surface area (Å²) in [4.78, 5) is 3.15. The minimum Gasteiger partial charge on any atom is -0.337 e. The summed E-state index contributed by atoms with van der Waals surface area (Å²) in [6.45, 7) is 2.18. The average Bonchev–Trinajstić information content (AvgIpc) is 2.61. The summed E-state index contributed by atoms with van der Waals surface area (Å²) >= 11 is 7.37. The quantitative estimate of drug-likeness (QED) is 0.785. The van der Waals surface area contributed by atoms with Crippen LogP contribution in [0.2, 0.25) is 0 Å².